The van der Waals surface area contributed by atoms with Crippen LogP contribution in [0.5, 0.6) is 0 Å². The van der Waals surface area contributed by atoms with Gasteiger partial charge in [0.25, 0.3) is 0 Å². The van der Waals surface area contributed by atoms with Crippen molar-refractivity contribution in [2.45, 2.75) is 46.2 Å². The first-order valence-corrected chi connectivity index (χ1v) is 5.65. The lowest BCUT2D eigenvalue weighted by molar-refractivity contribution is -0.139. The van der Waals surface area contributed by atoms with E-state index < -0.39 is 11.9 Å². The highest BCUT2D eigenvalue weighted by Crippen LogP contribution is 2.10. The van der Waals surface area contributed by atoms with Gasteiger partial charge in [0.15, 0.2) is 0 Å². The molecule has 0 aliphatic heterocycles. The lowest BCUT2D eigenvalue weighted by Gasteiger charge is -2.30. The average Bonchev–Trinajstić information content (AvgIpc) is 2.22. The maximum atomic E-state index is 12.0. The molecule has 0 bridgehead atoms. The van der Waals surface area contributed by atoms with Crippen LogP contribution < -0.4 is 11.5 Å². The molecule has 0 spiro atoms. The summed E-state index contributed by atoms with van der Waals surface area (Å²) >= 11 is 0. The zero-order chi connectivity index (χ0) is 12.9. The molecule has 0 aromatic carbocycles. The molecule has 0 rings (SSSR count). The first-order chi connectivity index (χ1) is 7.31. The van der Waals surface area contributed by atoms with E-state index in [9.17, 15) is 9.59 Å². The number of carbonyl (C=O) groups excluding carboxylic acids is 2. The van der Waals surface area contributed by atoms with Crippen molar-refractivity contribution >= 4 is 11.8 Å². The molecule has 0 fully saturated rings. The Morgan fingerprint density at radius 2 is 1.75 bits per heavy atom. The molecule has 0 aliphatic carbocycles. The number of carbonyl (C=O) groups is 2. The van der Waals surface area contributed by atoms with Crippen LogP contribution in [0.25, 0.3) is 0 Å². The third-order valence-electron chi connectivity index (χ3n) is 2.77. The predicted octanol–water partition coefficient (Wildman–Crippen LogP) is 0.0821. The van der Waals surface area contributed by atoms with Gasteiger partial charge in [-0.1, -0.05) is 20.3 Å². The van der Waals surface area contributed by atoms with Crippen molar-refractivity contribution in [3.05, 3.63) is 0 Å². The SMILES string of the molecule is CC[C@H](C)[C@H](N)C(=O)N(CC(N)=O)C(C)C. The molecule has 94 valence electrons. The molecule has 2 amide bonds. The summed E-state index contributed by atoms with van der Waals surface area (Å²) in [5.41, 5.74) is 10.9. The fourth-order valence-corrected chi connectivity index (χ4v) is 1.37. The van der Waals surface area contributed by atoms with E-state index in [1.807, 2.05) is 27.7 Å². The smallest absolute Gasteiger partial charge is 0.240 e. The van der Waals surface area contributed by atoms with Gasteiger partial charge in [-0.3, -0.25) is 9.59 Å². The summed E-state index contributed by atoms with van der Waals surface area (Å²) in [5, 5.41) is 0. The molecule has 0 saturated carbocycles. The van der Waals surface area contributed by atoms with E-state index in [1.54, 1.807) is 0 Å². The van der Waals surface area contributed by atoms with Gasteiger partial charge in [-0.25, -0.2) is 0 Å². The first-order valence-electron chi connectivity index (χ1n) is 5.65. The summed E-state index contributed by atoms with van der Waals surface area (Å²) in [6.07, 6.45) is 0.829. The van der Waals surface area contributed by atoms with Gasteiger partial charge in [0.05, 0.1) is 12.6 Å². The Morgan fingerprint density at radius 1 is 1.25 bits per heavy atom. The Bertz CT molecular complexity index is 254. The quantitative estimate of drug-likeness (QED) is 0.676. The lowest BCUT2D eigenvalue weighted by atomic mass is 9.98. The summed E-state index contributed by atoms with van der Waals surface area (Å²) in [5.74, 6) is -0.622. The van der Waals surface area contributed by atoms with Gasteiger partial charge in [0, 0.05) is 6.04 Å². The molecule has 0 unspecified atom stereocenters. The topological polar surface area (TPSA) is 89.4 Å². The minimum Gasteiger partial charge on any atom is -0.368 e. The van der Waals surface area contributed by atoms with Crippen LogP contribution in [-0.2, 0) is 9.59 Å². The second kappa shape index (κ2) is 6.48. The van der Waals surface area contributed by atoms with Crippen molar-refractivity contribution in [1.29, 1.82) is 0 Å². The van der Waals surface area contributed by atoms with Crippen molar-refractivity contribution in [2.24, 2.45) is 17.4 Å². The van der Waals surface area contributed by atoms with Gasteiger partial charge >= 0.3 is 0 Å². The van der Waals surface area contributed by atoms with Gasteiger partial charge in [-0.2, -0.15) is 0 Å². The van der Waals surface area contributed by atoms with Crippen molar-refractivity contribution in [1.82, 2.24) is 4.90 Å². The standard InChI is InChI=1S/C11H23N3O2/c1-5-8(4)10(13)11(16)14(7(2)3)6-9(12)15/h7-8,10H,5-6,13H2,1-4H3,(H2,12,15)/t8-,10-/m0/s1. The third kappa shape index (κ3) is 4.18. The van der Waals surface area contributed by atoms with Gasteiger partial charge in [0.2, 0.25) is 11.8 Å². The van der Waals surface area contributed by atoms with E-state index in [-0.39, 0.29) is 24.4 Å². The van der Waals surface area contributed by atoms with Crippen molar-refractivity contribution in [3.63, 3.8) is 0 Å². The van der Waals surface area contributed by atoms with E-state index in [0.29, 0.717) is 0 Å². The largest absolute Gasteiger partial charge is 0.368 e. The van der Waals surface area contributed by atoms with Crippen LogP contribution >= 0.6 is 0 Å². The molecule has 0 aromatic rings. The number of amides is 2. The van der Waals surface area contributed by atoms with Crippen LogP contribution in [0, 0.1) is 5.92 Å². The summed E-state index contributed by atoms with van der Waals surface area (Å²) in [4.78, 5) is 24.3. The van der Waals surface area contributed by atoms with E-state index in [0.717, 1.165) is 6.42 Å². The lowest BCUT2D eigenvalue weighted by Crippen LogP contribution is -2.52. The van der Waals surface area contributed by atoms with Crippen LogP contribution in [0.1, 0.15) is 34.1 Å². The minimum absolute atomic E-state index is 0.0688. The molecule has 0 radical (unpaired) electrons. The highest BCUT2D eigenvalue weighted by molar-refractivity contribution is 5.87. The molecule has 0 aliphatic rings. The summed E-state index contributed by atoms with van der Waals surface area (Å²) < 4.78 is 0. The maximum Gasteiger partial charge on any atom is 0.240 e. The highest BCUT2D eigenvalue weighted by Gasteiger charge is 2.27. The number of nitrogens with two attached hydrogens (primary N) is 2. The van der Waals surface area contributed by atoms with Crippen LogP contribution in [-0.4, -0.2) is 35.3 Å². The van der Waals surface area contributed by atoms with Gasteiger partial charge < -0.3 is 16.4 Å². The monoisotopic (exact) mass is 229 g/mol. The molecule has 0 saturated heterocycles. The first kappa shape index (κ1) is 14.9. The van der Waals surface area contributed by atoms with Crippen molar-refractivity contribution in [2.75, 3.05) is 6.54 Å². The molecule has 2 atom stereocenters. The Kier molecular flexibility index (Phi) is 6.03. The van der Waals surface area contributed by atoms with E-state index >= 15 is 0 Å². The summed E-state index contributed by atoms with van der Waals surface area (Å²) in [6.45, 7) is 7.51. The van der Waals surface area contributed by atoms with E-state index in [2.05, 4.69) is 0 Å². The summed E-state index contributed by atoms with van der Waals surface area (Å²) in [6, 6.07) is -0.637. The molecule has 5 heteroatoms. The Morgan fingerprint density at radius 3 is 2.06 bits per heavy atom. The number of rotatable bonds is 6. The predicted molar refractivity (Wildman–Crippen MR) is 63.5 cm³/mol. The number of hydrogen-bond donors (Lipinski definition) is 2. The molecule has 0 aromatic heterocycles. The minimum atomic E-state index is -0.563. The second-order valence-electron chi connectivity index (χ2n) is 4.44. The maximum absolute atomic E-state index is 12.0. The molecule has 5 nitrogen and oxygen atoms in total. The van der Waals surface area contributed by atoms with E-state index in [1.165, 1.54) is 4.90 Å². The van der Waals surface area contributed by atoms with E-state index in [4.69, 9.17) is 11.5 Å². The van der Waals surface area contributed by atoms with Gasteiger partial charge in [-0.15, -0.1) is 0 Å². The average molecular weight is 229 g/mol. The fourth-order valence-electron chi connectivity index (χ4n) is 1.37. The van der Waals surface area contributed by atoms with Crippen LogP contribution in [0.3, 0.4) is 0 Å². The second-order valence-corrected chi connectivity index (χ2v) is 4.44. The normalized spacial score (nSPS) is 14.6. The molecular weight excluding hydrogens is 206 g/mol. The number of primary amides is 1. The molecular formula is C11H23N3O2. The molecule has 4 N–H and O–H groups in total. The zero-order valence-electron chi connectivity index (χ0n) is 10.6. The van der Waals surface area contributed by atoms with Crippen molar-refractivity contribution < 1.29 is 9.59 Å². The number of hydrogen-bond acceptors (Lipinski definition) is 3. The van der Waals surface area contributed by atoms with Gasteiger partial charge in [-0.05, 0) is 19.8 Å². The van der Waals surface area contributed by atoms with Crippen molar-refractivity contribution in [3.8, 4) is 0 Å². The summed E-state index contributed by atoms with van der Waals surface area (Å²) in [7, 11) is 0. The number of nitrogens with zero attached hydrogens (tertiary/aromatic N) is 1. The molecule has 0 heterocycles. The Balaban J connectivity index is 4.67. The zero-order valence-corrected chi connectivity index (χ0v) is 10.6. The Labute approximate surface area is 97.2 Å². The highest BCUT2D eigenvalue weighted by atomic mass is 16.2. The molecule has 16 heavy (non-hydrogen) atoms. The Hall–Kier alpha value is -1.10. The van der Waals surface area contributed by atoms with Crippen LogP contribution in [0.15, 0.2) is 0 Å². The van der Waals surface area contributed by atoms with Gasteiger partial charge in [0.1, 0.15) is 0 Å². The fraction of sp³-hybridized carbons (Fsp3) is 0.818. The van der Waals surface area contributed by atoms with Crippen LogP contribution in [0.2, 0.25) is 0 Å². The van der Waals surface area contributed by atoms with Crippen LogP contribution in [0.4, 0.5) is 0 Å². The third-order valence-corrected chi connectivity index (χ3v) is 2.77.